The van der Waals surface area contributed by atoms with Gasteiger partial charge in [-0.2, -0.15) is 0 Å². The van der Waals surface area contributed by atoms with Gasteiger partial charge in [0, 0.05) is 28.6 Å². The summed E-state index contributed by atoms with van der Waals surface area (Å²) in [4.78, 5) is 32.1. The Balaban J connectivity index is 1.35. The normalized spacial score (nSPS) is 15.8. The van der Waals surface area contributed by atoms with Crippen LogP contribution < -0.4 is 5.32 Å². The predicted octanol–water partition coefficient (Wildman–Crippen LogP) is 5.15. The van der Waals surface area contributed by atoms with Crippen molar-refractivity contribution < 1.29 is 14.7 Å². The molecule has 1 amide bonds. The molecule has 3 aromatic carbocycles. The zero-order valence-corrected chi connectivity index (χ0v) is 18.8. The monoisotopic (exact) mass is 453 g/mol. The van der Waals surface area contributed by atoms with Gasteiger partial charge in [-0.15, -0.1) is 0 Å². The molecule has 1 aliphatic rings. The molecule has 34 heavy (non-hydrogen) atoms. The molecule has 172 valence electrons. The van der Waals surface area contributed by atoms with Gasteiger partial charge >= 0.3 is 0 Å². The number of hydrogen-bond acceptors (Lipinski definition) is 4. The highest BCUT2D eigenvalue weighted by Gasteiger charge is 2.34. The van der Waals surface area contributed by atoms with Crippen LogP contribution in [-0.2, 0) is 4.79 Å². The number of nitrogens with one attached hydrogen (secondary N) is 2. The predicted molar refractivity (Wildman–Crippen MR) is 133 cm³/mol. The molecular weight excluding hydrogens is 426 g/mol. The summed E-state index contributed by atoms with van der Waals surface area (Å²) in [6.07, 6.45) is 3.09. The summed E-state index contributed by atoms with van der Waals surface area (Å²) in [7, 11) is 0. The fourth-order valence-corrected chi connectivity index (χ4v) is 4.82. The largest absolute Gasteiger partial charge is 0.506 e. The number of Topliss-reactive ketones (excluding diaryl/α,β-unsaturated/α-hetero) is 1. The minimum atomic E-state index is -0.414. The second-order valence-electron chi connectivity index (χ2n) is 8.74. The molecule has 4 aromatic rings. The van der Waals surface area contributed by atoms with Crippen LogP contribution in [-0.4, -0.2) is 39.8 Å². The van der Waals surface area contributed by atoms with E-state index in [1.54, 1.807) is 30.5 Å². The summed E-state index contributed by atoms with van der Waals surface area (Å²) in [5.41, 5.74) is 3.00. The van der Waals surface area contributed by atoms with Crippen molar-refractivity contribution in [1.29, 1.82) is 0 Å². The van der Waals surface area contributed by atoms with E-state index in [4.69, 9.17) is 0 Å². The number of aromatic nitrogens is 1. The average Bonchev–Trinajstić information content (AvgIpc) is 3.31. The average molecular weight is 454 g/mol. The number of fused-ring (bicyclic) bond motifs is 1. The maximum absolute atomic E-state index is 13.8. The van der Waals surface area contributed by atoms with Gasteiger partial charge in [-0.3, -0.25) is 14.5 Å². The first kappa shape index (κ1) is 21.9. The summed E-state index contributed by atoms with van der Waals surface area (Å²) < 4.78 is 0. The van der Waals surface area contributed by atoms with Crippen molar-refractivity contribution in [3.63, 3.8) is 0 Å². The van der Waals surface area contributed by atoms with Crippen LogP contribution in [0.2, 0.25) is 0 Å². The molecule has 0 spiro atoms. The molecule has 1 fully saturated rings. The number of phenolic OH excluding ortho intramolecular Hbond substituents is 1. The number of piperidine rings is 1. The van der Waals surface area contributed by atoms with Crippen LogP contribution in [0.1, 0.15) is 34.8 Å². The third-order valence-electron chi connectivity index (χ3n) is 6.65. The summed E-state index contributed by atoms with van der Waals surface area (Å²) in [6, 6.07) is 24.0. The van der Waals surface area contributed by atoms with Gasteiger partial charge in [0.1, 0.15) is 5.75 Å². The maximum atomic E-state index is 13.8. The Bertz CT molecular complexity index is 1310. The molecule has 2 heterocycles. The third kappa shape index (κ3) is 4.32. The van der Waals surface area contributed by atoms with Gasteiger partial charge in [-0.25, -0.2) is 0 Å². The molecule has 0 bridgehead atoms. The van der Waals surface area contributed by atoms with Crippen molar-refractivity contribution in [2.75, 3.05) is 18.4 Å². The van der Waals surface area contributed by atoms with Crippen molar-refractivity contribution in [1.82, 2.24) is 9.88 Å². The molecule has 0 aliphatic carbocycles. The number of H-pyrrole nitrogens is 1. The number of ketones is 1. The zero-order valence-electron chi connectivity index (χ0n) is 18.8. The molecule has 6 nitrogen and oxygen atoms in total. The van der Waals surface area contributed by atoms with Crippen molar-refractivity contribution >= 4 is 28.3 Å². The van der Waals surface area contributed by atoms with E-state index in [1.165, 1.54) is 0 Å². The second kappa shape index (κ2) is 9.53. The minimum Gasteiger partial charge on any atom is -0.506 e. The van der Waals surface area contributed by atoms with Crippen LogP contribution >= 0.6 is 0 Å². The van der Waals surface area contributed by atoms with E-state index in [-0.39, 0.29) is 23.4 Å². The smallest absolute Gasteiger partial charge is 0.227 e. The highest BCUT2D eigenvalue weighted by Crippen LogP contribution is 2.33. The Labute approximate surface area is 198 Å². The van der Waals surface area contributed by atoms with Gasteiger partial charge in [0.2, 0.25) is 5.91 Å². The first-order chi connectivity index (χ1) is 16.6. The standard InChI is InChI=1S/C28H27N3O3/c32-25-13-7-6-12-24(25)30-28(34)20-14-16-31(17-15-20)26(19-8-2-1-3-9-19)27(33)22-18-29-23-11-5-4-10-21(22)23/h1-13,18,20,26,29,32H,14-17H2,(H,30,34). The Morgan fingerprint density at radius 1 is 0.912 bits per heavy atom. The number of aromatic amines is 1. The number of carbonyl (C=O) groups excluding carboxylic acids is 2. The van der Waals surface area contributed by atoms with E-state index in [0.29, 0.717) is 37.2 Å². The molecule has 6 heteroatoms. The number of aromatic hydroxyl groups is 1. The highest BCUT2D eigenvalue weighted by atomic mass is 16.3. The van der Waals surface area contributed by atoms with Crippen LogP contribution in [0.5, 0.6) is 5.75 Å². The van der Waals surface area contributed by atoms with E-state index in [9.17, 15) is 14.7 Å². The van der Waals surface area contributed by atoms with Crippen molar-refractivity contribution in [3.8, 4) is 5.75 Å². The number of rotatable bonds is 6. The molecule has 5 rings (SSSR count). The van der Waals surface area contributed by atoms with Gasteiger partial charge in [0.05, 0.1) is 11.7 Å². The highest BCUT2D eigenvalue weighted by molar-refractivity contribution is 6.10. The lowest BCUT2D eigenvalue weighted by Crippen LogP contribution is -2.42. The Morgan fingerprint density at radius 2 is 1.59 bits per heavy atom. The third-order valence-corrected chi connectivity index (χ3v) is 6.65. The summed E-state index contributed by atoms with van der Waals surface area (Å²) in [5.74, 6) is -0.154. The number of likely N-dealkylation sites (tertiary alicyclic amines) is 1. The number of benzene rings is 3. The zero-order chi connectivity index (χ0) is 23.5. The van der Waals surface area contributed by atoms with Gasteiger partial charge in [0.25, 0.3) is 0 Å². The van der Waals surface area contributed by atoms with Gasteiger partial charge in [-0.05, 0) is 49.7 Å². The van der Waals surface area contributed by atoms with Gasteiger partial charge in [0.15, 0.2) is 5.78 Å². The topological polar surface area (TPSA) is 85.4 Å². The van der Waals surface area contributed by atoms with Crippen LogP contribution in [0.3, 0.4) is 0 Å². The summed E-state index contributed by atoms with van der Waals surface area (Å²) in [6.45, 7) is 1.26. The summed E-state index contributed by atoms with van der Waals surface area (Å²) >= 11 is 0. The van der Waals surface area contributed by atoms with Crippen molar-refractivity contribution in [3.05, 3.63) is 96.2 Å². The van der Waals surface area contributed by atoms with E-state index >= 15 is 0 Å². The quantitative estimate of drug-likeness (QED) is 0.278. The van der Waals surface area contributed by atoms with E-state index in [1.807, 2.05) is 54.6 Å². The molecular formula is C28H27N3O3. The molecule has 0 radical (unpaired) electrons. The number of amides is 1. The lowest BCUT2D eigenvalue weighted by molar-refractivity contribution is -0.121. The second-order valence-corrected chi connectivity index (χ2v) is 8.74. The van der Waals surface area contributed by atoms with Crippen LogP contribution in [0, 0.1) is 5.92 Å². The fraction of sp³-hybridized carbons (Fsp3) is 0.214. The lowest BCUT2D eigenvalue weighted by atomic mass is 9.90. The Morgan fingerprint density at radius 3 is 2.35 bits per heavy atom. The molecule has 1 aromatic heterocycles. The number of carbonyl (C=O) groups is 2. The first-order valence-corrected chi connectivity index (χ1v) is 11.6. The lowest BCUT2D eigenvalue weighted by Gasteiger charge is -2.36. The maximum Gasteiger partial charge on any atom is 0.227 e. The van der Waals surface area contributed by atoms with Crippen LogP contribution in [0.4, 0.5) is 5.69 Å². The first-order valence-electron chi connectivity index (χ1n) is 11.6. The van der Waals surface area contributed by atoms with Crippen LogP contribution in [0.25, 0.3) is 10.9 Å². The van der Waals surface area contributed by atoms with Crippen LogP contribution in [0.15, 0.2) is 85.1 Å². The molecule has 1 saturated heterocycles. The van der Waals surface area contributed by atoms with Crippen molar-refractivity contribution in [2.24, 2.45) is 5.92 Å². The number of phenols is 1. The number of hydrogen-bond donors (Lipinski definition) is 3. The minimum absolute atomic E-state index is 0.0563. The Hall–Kier alpha value is -3.90. The molecule has 1 unspecified atom stereocenters. The van der Waals surface area contributed by atoms with Gasteiger partial charge in [-0.1, -0.05) is 60.7 Å². The van der Waals surface area contributed by atoms with E-state index < -0.39 is 6.04 Å². The summed E-state index contributed by atoms with van der Waals surface area (Å²) in [5, 5.41) is 13.7. The molecule has 3 N–H and O–H groups in total. The molecule has 0 saturated carbocycles. The van der Waals surface area contributed by atoms with Crippen molar-refractivity contribution in [2.45, 2.75) is 18.9 Å². The van der Waals surface area contributed by atoms with Gasteiger partial charge < -0.3 is 15.4 Å². The number of para-hydroxylation sites is 3. The number of nitrogens with zero attached hydrogens (tertiary/aromatic N) is 1. The number of anilines is 1. The Kier molecular flexibility index (Phi) is 6.14. The van der Waals surface area contributed by atoms with E-state index in [2.05, 4.69) is 15.2 Å². The fourth-order valence-electron chi connectivity index (χ4n) is 4.82. The molecule has 1 atom stereocenters. The SMILES string of the molecule is O=C(Nc1ccccc1O)C1CCN(C(C(=O)c2c[nH]c3ccccc23)c2ccccc2)CC1. The molecule has 1 aliphatic heterocycles. The van der Waals surface area contributed by atoms with E-state index in [0.717, 1.165) is 16.5 Å².